The highest BCUT2D eigenvalue weighted by molar-refractivity contribution is 6.09. The van der Waals surface area contributed by atoms with Crippen molar-refractivity contribution in [1.29, 1.82) is 5.41 Å². The average molecular weight is 356 g/mol. The predicted octanol–water partition coefficient (Wildman–Crippen LogP) is 6.63. The molecule has 1 heteroatoms. The quantitative estimate of drug-likeness (QED) is 0.505. The van der Waals surface area contributed by atoms with E-state index in [1.165, 1.54) is 27.8 Å². The molecular weight excluding hydrogens is 326 g/mol. The van der Waals surface area contributed by atoms with Gasteiger partial charge in [0.05, 0.1) is 5.71 Å². The van der Waals surface area contributed by atoms with E-state index in [2.05, 4.69) is 65.0 Å². The summed E-state index contributed by atoms with van der Waals surface area (Å²) in [6.45, 7) is 11.7. The molecule has 1 aromatic carbocycles. The van der Waals surface area contributed by atoms with E-state index in [-0.39, 0.29) is 10.8 Å². The van der Waals surface area contributed by atoms with Crippen LogP contribution in [-0.2, 0) is 10.8 Å². The summed E-state index contributed by atoms with van der Waals surface area (Å²) < 4.78 is 0. The Morgan fingerprint density at radius 1 is 1.00 bits per heavy atom. The molecule has 1 aromatic rings. The molecule has 0 bridgehead atoms. The van der Waals surface area contributed by atoms with Gasteiger partial charge in [-0.2, -0.15) is 0 Å². The minimum Gasteiger partial charge on any atom is -0.300 e. The van der Waals surface area contributed by atoms with E-state index in [0.29, 0.717) is 11.6 Å². The normalized spacial score (nSPS) is 31.4. The lowest BCUT2D eigenvalue weighted by atomic mass is 9.77. The second-order valence-corrected chi connectivity index (χ2v) is 9.63. The van der Waals surface area contributed by atoms with Gasteiger partial charge in [0.15, 0.2) is 0 Å². The number of nitrogens with one attached hydrogen (secondary N) is 1. The predicted molar refractivity (Wildman–Crippen MR) is 115 cm³/mol. The maximum atomic E-state index is 8.82. The van der Waals surface area contributed by atoms with Crippen molar-refractivity contribution in [3.05, 3.63) is 75.4 Å². The maximum absolute atomic E-state index is 8.82. The zero-order valence-corrected chi connectivity index (χ0v) is 17.2. The third-order valence-electron chi connectivity index (χ3n) is 7.71. The molecule has 138 valence electrons. The lowest BCUT2D eigenvalue weighted by molar-refractivity contribution is 0.606. The maximum Gasteiger partial charge on any atom is 0.0612 e. The van der Waals surface area contributed by atoms with Crippen LogP contribution >= 0.6 is 0 Å². The van der Waals surface area contributed by atoms with E-state index < -0.39 is 0 Å². The highest BCUT2D eigenvalue weighted by Crippen LogP contribution is 2.59. The van der Waals surface area contributed by atoms with Crippen molar-refractivity contribution in [1.82, 2.24) is 0 Å². The smallest absolute Gasteiger partial charge is 0.0612 e. The van der Waals surface area contributed by atoms with Crippen LogP contribution < -0.4 is 0 Å². The first-order valence-corrected chi connectivity index (χ1v) is 10.3. The Morgan fingerprint density at radius 2 is 1.74 bits per heavy atom. The Hall–Kier alpha value is -2.15. The van der Waals surface area contributed by atoms with Gasteiger partial charge in [-0.05, 0) is 72.6 Å². The van der Waals surface area contributed by atoms with Crippen LogP contribution in [0.3, 0.4) is 0 Å². The van der Waals surface area contributed by atoms with E-state index in [9.17, 15) is 0 Å². The first kappa shape index (κ1) is 17.0. The van der Waals surface area contributed by atoms with Crippen molar-refractivity contribution in [2.45, 2.75) is 64.7 Å². The fourth-order valence-corrected chi connectivity index (χ4v) is 5.64. The lowest BCUT2D eigenvalue weighted by Gasteiger charge is -2.27. The SMILES string of the molecule is CC1=C2CC2(C)c2cc3c(cc2C(=N)/C=C\C1C)C(C)(C)C1=C3C=CCC1. The zero-order valence-electron chi connectivity index (χ0n) is 17.2. The van der Waals surface area contributed by atoms with E-state index in [0.717, 1.165) is 24.8 Å². The number of allylic oxidation sites excluding steroid dienone is 8. The Labute approximate surface area is 163 Å². The summed E-state index contributed by atoms with van der Waals surface area (Å²) in [5, 5.41) is 8.82. The summed E-state index contributed by atoms with van der Waals surface area (Å²) >= 11 is 0. The van der Waals surface area contributed by atoms with Crippen molar-refractivity contribution < 1.29 is 0 Å². The number of hydrogen-bond donors (Lipinski definition) is 1. The summed E-state index contributed by atoms with van der Waals surface area (Å²) in [7, 11) is 0. The summed E-state index contributed by atoms with van der Waals surface area (Å²) in [4.78, 5) is 0. The first-order chi connectivity index (χ1) is 12.7. The Balaban J connectivity index is 1.80. The van der Waals surface area contributed by atoms with Crippen LogP contribution in [0.4, 0.5) is 0 Å². The second-order valence-electron chi connectivity index (χ2n) is 9.63. The van der Waals surface area contributed by atoms with E-state index in [1.54, 1.807) is 11.1 Å². The van der Waals surface area contributed by atoms with Gasteiger partial charge in [-0.3, -0.25) is 0 Å². The van der Waals surface area contributed by atoms with Gasteiger partial charge in [0.1, 0.15) is 0 Å². The van der Waals surface area contributed by atoms with Crippen molar-refractivity contribution in [3.8, 4) is 0 Å². The van der Waals surface area contributed by atoms with Gasteiger partial charge in [0.2, 0.25) is 0 Å². The van der Waals surface area contributed by atoms with Crippen LogP contribution in [0.15, 0.2) is 53.2 Å². The van der Waals surface area contributed by atoms with Gasteiger partial charge in [0, 0.05) is 16.4 Å². The number of fused-ring (bicyclic) bond motifs is 5. The molecule has 0 heterocycles. The van der Waals surface area contributed by atoms with Crippen LogP contribution in [-0.4, -0.2) is 5.71 Å². The average Bonchev–Trinajstić information content (AvgIpc) is 3.30. The largest absolute Gasteiger partial charge is 0.300 e. The van der Waals surface area contributed by atoms with Gasteiger partial charge in [-0.25, -0.2) is 0 Å². The molecule has 4 aliphatic carbocycles. The molecule has 0 saturated heterocycles. The topological polar surface area (TPSA) is 23.9 Å². The number of hydrogen-bond acceptors (Lipinski definition) is 1. The number of rotatable bonds is 0. The second kappa shape index (κ2) is 5.22. The molecule has 1 saturated carbocycles. The molecule has 0 aliphatic heterocycles. The highest BCUT2D eigenvalue weighted by Gasteiger charge is 2.50. The molecule has 1 fully saturated rings. The van der Waals surface area contributed by atoms with E-state index >= 15 is 0 Å². The van der Waals surface area contributed by atoms with Crippen LogP contribution in [0.25, 0.3) is 5.57 Å². The first-order valence-electron chi connectivity index (χ1n) is 10.3. The highest BCUT2D eigenvalue weighted by atomic mass is 14.5. The minimum atomic E-state index is 0.0687. The number of benzene rings is 1. The fraction of sp³-hybridized carbons (Fsp3) is 0.423. The molecule has 4 aliphatic rings. The Bertz CT molecular complexity index is 1020. The summed E-state index contributed by atoms with van der Waals surface area (Å²) in [6.07, 6.45) is 12.4. The van der Waals surface area contributed by atoms with E-state index in [1.807, 2.05) is 6.08 Å². The third kappa shape index (κ3) is 2.15. The van der Waals surface area contributed by atoms with Gasteiger partial charge in [-0.1, -0.05) is 62.6 Å². The molecule has 2 atom stereocenters. The molecule has 1 N–H and O–H groups in total. The van der Waals surface area contributed by atoms with Crippen LogP contribution in [0, 0.1) is 11.3 Å². The third-order valence-corrected chi connectivity index (χ3v) is 7.71. The lowest BCUT2D eigenvalue weighted by Crippen LogP contribution is -2.19. The monoisotopic (exact) mass is 355 g/mol. The van der Waals surface area contributed by atoms with Gasteiger partial charge < -0.3 is 5.41 Å². The molecule has 0 spiro atoms. The molecule has 0 amide bonds. The van der Waals surface area contributed by atoms with Crippen molar-refractivity contribution >= 4 is 11.3 Å². The van der Waals surface area contributed by atoms with Crippen molar-refractivity contribution in [2.24, 2.45) is 5.92 Å². The Morgan fingerprint density at radius 3 is 2.52 bits per heavy atom. The zero-order chi connectivity index (χ0) is 19.1. The molecular formula is C26H29N. The Kier molecular flexibility index (Phi) is 3.28. The fourth-order valence-electron chi connectivity index (χ4n) is 5.64. The molecule has 0 radical (unpaired) electrons. The van der Waals surface area contributed by atoms with E-state index in [4.69, 9.17) is 5.41 Å². The summed E-state index contributed by atoms with van der Waals surface area (Å²) in [5.74, 6) is 0.412. The summed E-state index contributed by atoms with van der Waals surface area (Å²) in [6, 6.07) is 4.80. The van der Waals surface area contributed by atoms with Crippen LogP contribution in [0.1, 0.15) is 76.1 Å². The minimum absolute atomic E-state index is 0.0687. The van der Waals surface area contributed by atoms with Gasteiger partial charge >= 0.3 is 0 Å². The van der Waals surface area contributed by atoms with Gasteiger partial charge in [-0.15, -0.1) is 0 Å². The van der Waals surface area contributed by atoms with Gasteiger partial charge in [0.25, 0.3) is 0 Å². The molecule has 2 unspecified atom stereocenters. The standard InChI is InChI=1S/C26H29N/c1-15-10-11-24(27)19-13-21-18(12-22(19)26(5)14-23(26)16(15)2)17-8-6-7-9-20(17)25(21,3)4/h6,8,10-13,15,27H,7,9,14H2,1-5H3/b11-10-,23-16?,27-24?. The molecule has 5 rings (SSSR count). The van der Waals surface area contributed by atoms with Crippen molar-refractivity contribution in [3.63, 3.8) is 0 Å². The molecule has 0 aromatic heterocycles. The summed E-state index contributed by atoms with van der Waals surface area (Å²) in [5.41, 5.74) is 12.3. The molecule has 27 heavy (non-hydrogen) atoms. The molecule has 1 nitrogen and oxygen atoms in total. The van der Waals surface area contributed by atoms with Crippen LogP contribution in [0.5, 0.6) is 0 Å². The van der Waals surface area contributed by atoms with Crippen molar-refractivity contribution in [2.75, 3.05) is 0 Å². The van der Waals surface area contributed by atoms with Crippen LogP contribution in [0.2, 0.25) is 0 Å².